The fourth-order valence-corrected chi connectivity index (χ4v) is 3.38. The predicted octanol–water partition coefficient (Wildman–Crippen LogP) is 2.71. The highest BCUT2D eigenvalue weighted by Gasteiger charge is 2.44. The number of ketones is 2. The van der Waals surface area contributed by atoms with Crippen LogP contribution in [0.5, 0.6) is 0 Å². The first-order valence-corrected chi connectivity index (χ1v) is 9.99. The Morgan fingerprint density at radius 2 is 1.14 bits per heavy atom. The Labute approximate surface area is 166 Å². The summed E-state index contributed by atoms with van der Waals surface area (Å²) < 4.78 is 21.6. The van der Waals surface area contributed by atoms with Crippen molar-refractivity contribution >= 4 is 11.6 Å². The summed E-state index contributed by atoms with van der Waals surface area (Å²) in [5.41, 5.74) is 1.33. The molecule has 2 saturated heterocycles. The molecule has 154 valence electrons. The van der Waals surface area contributed by atoms with Gasteiger partial charge in [-0.1, -0.05) is 38.1 Å². The Bertz CT molecular complexity index is 603. The normalized spacial score (nSPS) is 19.5. The van der Waals surface area contributed by atoms with Gasteiger partial charge in [0.05, 0.1) is 50.5 Å². The van der Waals surface area contributed by atoms with Gasteiger partial charge in [0.1, 0.15) is 13.2 Å². The molecular weight excluding hydrogens is 360 g/mol. The highest BCUT2D eigenvalue weighted by molar-refractivity contribution is 5.87. The SMILES string of the molecule is CCC1(C(=O)COCc2ccc(COCC(=O)C3(CC)COC3)cc2)COC1. The number of hydrogen-bond donors (Lipinski definition) is 0. The molecule has 0 bridgehead atoms. The Morgan fingerprint density at radius 1 is 0.786 bits per heavy atom. The second-order valence-electron chi connectivity index (χ2n) is 7.90. The number of rotatable bonds is 12. The van der Waals surface area contributed by atoms with Gasteiger partial charge in [0, 0.05) is 0 Å². The van der Waals surface area contributed by atoms with Crippen LogP contribution in [-0.4, -0.2) is 51.2 Å². The van der Waals surface area contributed by atoms with Crippen molar-refractivity contribution < 1.29 is 28.5 Å². The van der Waals surface area contributed by atoms with Crippen molar-refractivity contribution in [3.05, 3.63) is 35.4 Å². The Morgan fingerprint density at radius 3 is 1.39 bits per heavy atom. The minimum Gasteiger partial charge on any atom is -0.379 e. The smallest absolute Gasteiger partial charge is 0.169 e. The molecule has 0 atom stereocenters. The molecule has 3 rings (SSSR count). The molecule has 0 amide bonds. The number of ether oxygens (including phenoxy) is 4. The molecule has 2 aliphatic rings. The van der Waals surface area contributed by atoms with Crippen LogP contribution in [0.3, 0.4) is 0 Å². The quantitative estimate of drug-likeness (QED) is 0.547. The summed E-state index contributed by atoms with van der Waals surface area (Å²) in [6.07, 6.45) is 1.58. The molecule has 0 aliphatic carbocycles. The molecule has 28 heavy (non-hydrogen) atoms. The van der Waals surface area contributed by atoms with Crippen LogP contribution in [0.1, 0.15) is 37.8 Å². The first kappa shape index (κ1) is 21.1. The van der Waals surface area contributed by atoms with Crippen LogP contribution in [0.2, 0.25) is 0 Å². The van der Waals surface area contributed by atoms with E-state index in [0.29, 0.717) is 39.6 Å². The summed E-state index contributed by atoms with van der Waals surface area (Å²) in [7, 11) is 0. The zero-order valence-corrected chi connectivity index (χ0v) is 16.8. The van der Waals surface area contributed by atoms with Crippen molar-refractivity contribution in [3.8, 4) is 0 Å². The van der Waals surface area contributed by atoms with Gasteiger partial charge in [0.15, 0.2) is 11.6 Å². The van der Waals surface area contributed by atoms with Crippen molar-refractivity contribution in [3.63, 3.8) is 0 Å². The van der Waals surface area contributed by atoms with Gasteiger partial charge < -0.3 is 18.9 Å². The monoisotopic (exact) mass is 390 g/mol. The molecule has 2 aliphatic heterocycles. The van der Waals surface area contributed by atoms with Crippen molar-refractivity contribution in [2.24, 2.45) is 10.8 Å². The van der Waals surface area contributed by atoms with Crippen molar-refractivity contribution in [2.45, 2.75) is 39.9 Å². The average molecular weight is 390 g/mol. The van der Waals surface area contributed by atoms with Crippen LogP contribution >= 0.6 is 0 Å². The largest absolute Gasteiger partial charge is 0.379 e. The van der Waals surface area contributed by atoms with Gasteiger partial charge in [0.2, 0.25) is 0 Å². The summed E-state index contributed by atoms with van der Waals surface area (Å²) in [4.78, 5) is 24.5. The van der Waals surface area contributed by atoms with E-state index in [2.05, 4.69) is 0 Å². The molecule has 0 aromatic heterocycles. The third-order valence-electron chi connectivity index (χ3n) is 6.08. The highest BCUT2D eigenvalue weighted by atomic mass is 16.5. The summed E-state index contributed by atoms with van der Waals surface area (Å²) in [5.74, 6) is 0.246. The zero-order valence-electron chi connectivity index (χ0n) is 16.8. The van der Waals surface area contributed by atoms with Crippen LogP contribution in [-0.2, 0) is 41.8 Å². The van der Waals surface area contributed by atoms with Crippen molar-refractivity contribution in [1.82, 2.24) is 0 Å². The maximum absolute atomic E-state index is 12.3. The van der Waals surface area contributed by atoms with Crippen LogP contribution in [0, 0.1) is 10.8 Å². The minimum absolute atomic E-state index is 0.118. The maximum atomic E-state index is 12.3. The first-order valence-electron chi connectivity index (χ1n) is 9.99. The number of benzene rings is 1. The summed E-state index contributed by atoms with van der Waals surface area (Å²) in [6, 6.07) is 7.83. The summed E-state index contributed by atoms with van der Waals surface area (Å²) in [5, 5.41) is 0. The van der Waals surface area contributed by atoms with Gasteiger partial charge in [0.25, 0.3) is 0 Å². The lowest BCUT2D eigenvalue weighted by molar-refractivity contribution is -0.165. The predicted molar refractivity (Wildman–Crippen MR) is 103 cm³/mol. The molecule has 0 spiro atoms. The van der Waals surface area contributed by atoms with E-state index in [1.165, 1.54) is 0 Å². The van der Waals surface area contributed by atoms with Crippen LogP contribution < -0.4 is 0 Å². The van der Waals surface area contributed by atoms with E-state index >= 15 is 0 Å². The van der Waals surface area contributed by atoms with Crippen molar-refractivity contribution in [1.29, 1.82) is 0 Å². The third-order valence-corrected chi connectivity index (χ3v) is 6.08. The highest BCUT2D eigenvalue weighted by Crippen LogP contribution is 2.33. The topological polar surface area (TPSA) is 71.1 Å². The van der Waals surface area contributed by atoms with E-state index < -0.39 is 0 Å². The van der Waals surface area contributed by atoms with Crippen LogP contribution in [0.25, 0.3) is 0 Å². The van der Waals surface area contributed by atoms with Crippen LogP contribution in [0.15, 0.2) is 24.3 Å². The van der Waals surface area contributed by atoms with Gasteiger partial charge >= 0.3 is 0 Å². The molecule has 0 unspecified atom stereocenters. The standard InChI is InChI=1S/C22H30O6/c1-3-21(13-27-14-21)19(23)11-25-9-17-5-7-18(8-6-17)10-26-12-20(24)22(4-2)15-28-16-22/h5-8H,3-4,9-16H2,1-2H3. The molecule has 1 aromatic carbocycles. The summed E-state index contributed by atoms with van der Waals surface area (Å²) in [6.45, 7) is 7.08. The van der Waals surface area contributed by atoms with E-state index in [4.69, 9.17) is 18.9 Å². The Hall–Kier alpha value is -1.60. The molecule has 6 heteroatoms. The van der Waals surface area contributed by atoms with Gasteiger partial charge in [-0.3, -0.25) is 9.59 Å². The molecule has 6 nitrogen and oxygen atoms in total. The Kier molecular flexibility index (Phi) is 6.99. The number of hydrogen-bond acceptors (Lipinski definition) is 6. The average Bonchev–Trinajstić information content (AvgIpc) is 2.62. The maximum Gasteiger partial charge on any atom is 0.169 e. The molecule has 2 fully saturated rings. The number of carbonyl (C=O) groups excluding carboxylic acids is 2. The second kappa shape index (κ2) is 9.27. The fourth-order valence-electron chi connectivity index (χ4n) is 3.38. The van der Waals surface area contributed by atoms with Crippen LogP contribution in [0.4, 0.5) is 0 Å². The van der Waals surface area contributed by atoms with Gasteiger partial charge in [-0.05, 0) is 24.0 Å². The van der Waals surface area contributed by atoms with E-state index in [0.717, 1.165) is 24.0 Å². The van der Waals surface area contributed by atoms with Gasteiger partial charge in [-0.15, -0.1) is 0 Å². The van der Waals surface area contributed by atoms with Gasteiger partial charge in [-0.25, -0.2) is 0 Å². The number of carbonyl (C=O) groups is 2. The lowest BCUT2D eigenvalue weighted by atomic mass is 9.79. The van der Waals surface area contributed by atoms with E-state index in [9.17, 15) is 9.59 Å². The lowest BCUT2D eigenvalue weighted by Gasteiger charge is -2.39. The third kappa shape index (κ3) is 4.51. The van der Waals surface area contributed by atoms with E-state index in [-0.39, 0.29) is 35.6 Å². The minimum atomic E-state index is -0.333. The lowest BCUT2D eigenvalue weighted by Crippen LogP contribution is -2.50. The van der Waals surface area contributed by atoms with E-state index in [1.54, 1.807) is 0 Å². The molecule has 1 aromatic rings. The molecule has 0 N–H and O–H groups in total. The molecule has 0 saturated carbocycles. The summed E-state index contributed by atoms with van der Waals surface area (Å²) >= 11 is 0. The number of Topliss-reactive ketones (excluding diaryl/α,β-unsaturated/α-hetero) is 2. The Balaban J connectivity index is 1.36. The fraction of sp³-hybridized carbons (Fsp3) is 0.636. The molecule has 0 radical (unpaired) electrons. The molecular formula is C22H30O6. The first-order chi connectivity index (χ1) is 13.5. The van der Waals surface area contributed by atoms with E-state index in [1.807, 2.05) is 38.1 Å². The zero-order chi connectivity index (χ0) is 20.0. The van der Waals surface area contributed by atoms with Crippen molar-refractivity contribution in [2.75, 3.05) is 39.6 Å². The molecule has 2 heterocycles. The van der Waals surface area contributed by atoms with Gasteiger partial charge in [-0.2, -0.15) is 0 Å². The second-order valence-corrected chi connectivity index (χ2v) is 7.90.